The smallest absolute Gasteiger partial charge is 0.354 e. The molecule has 0 radical (unpaired) electrons. The highest BCUT2D eigenvalue weighted by atomic mass is 35.5. The third-order valence-corrected chi connectivity index (χ3v) is 8.84. The summed E-state index contributed by atoms with van der Waals surface area (Å²) in [6.45, 7) is 8.41. The molecule has 0 saturated carbocycles. The molecule has 0 aliphatic rings. The summed E-state index contributed by atoms with van der Waals surface area (Å²) in [5, 5.41) is 2.17. The SMILES string of the molecule is Cc1ccc(S(=O)(=O)N(CC(=O)N(Cc2cccc(C)c2)C(C)C(=O)NCC(C)C)c2ccc(Cl)c(C(F)(F)F)c2)cc1. The van der Waals surface area contributed by atoms with Crippen molar-refractivity contribution in [2.45, 2.75) is 58.3 Å². The second-order valence-electron chi connectivity index (χ2n) is 10.8. The molecule has 1 N–H and O–H groups in total. The van der Waals surface area contributed by atoms with Gasteiger partial charge in [-0.25, -0.2) is 8.42 Å². The van der Waals surface area contributed by atoms with E-state index in [4.69, 9.17) is 11.6 Å². The monoisotopic (exact) mass is 637 g/mol. The number of hydrogen-bond acceptors (Lipinski definition) is 4. The molecule has 3 rings (SSSR count). The summed E-state index contributed by atoms with van der Waals surface area (Å²) in [5.41, 5.74) is 0.708. The maximum absolute atomic E-state index is 14.0. The van der Waals surface area contributed by atoms with Crippen molar-refractivity contribution in [1.82, 2.24) is 10.2 Å². The fraction of sp³-hybridized carbons (Fsp3) is 0.355. The lowest BCUT2D eigenvalue weighted by molar-refractivity contribution is -0.139. The number of carbonyl (C=O) groups excluding carboxylic acids is 2. The minimum Gasteiger partial charge on any atom is -0.354 e. The van der Waals surface area contributed by atoms with Gasteiger partial charge in [-0.3, -0.25) is 13.9 Å². The molecule has 43 heavy (non-hydrogen) atoms. The first kappa shape index (κ1) is 33.9. The van der Waals surface area contributed by atoms with Crippen LogP contribution in [-0.4, -0.2) is 44.3 Å². The van der Waals surface area contributed by atoms with Crippen LogP contribution in [0.25, 0.3) is 0 Å². The van der Waals surface area contributed by atoms with Crippen LogP contribution in [0.2, 0.25) is 5.02 Å². The van der Waals surface area contributed by atoms with Gasteiger partial charge in [0.1, 0.15) is 12.6 Å². The summed E-state index contributed by atoms with van der Waals surface area (Å²) in [6.07, 6.45) is -4.88. The van der Waals surface area contributed by atoms with E-state index < -0.39 is 56.9 Å². The van der Waals surface area contributed by atoms with Crippen molar-refractivity contribution in [2.24, 2.45) is 5.92 Å². The van der Waals surface area contributed by atoms with Crippen LogP contribution in [0.15, 0.2) is 71.6 Å². The molecule has 0 fully saturated rings. The highest BCUT2D eigenvalue weighted by Crippen LogP contribution is 2.38. The number of carbonyl (C=O) groups is 2. The first-order valence-corrected chi connectivity index (χ1v) is 15.4. The molecule has 1 unspecified atom stereocenters. The van der Waals surface area contributed by atoms with Crippen LogP contribution < -0.4 is 9.62 Å². The average Bonchev–Trinajstić information content (AvgIpc) is 2.92. The van der Waals surface area contributed by atoms with Gasteiger partial charge in [-0.1, -0.05) is 73.0 Å². The van der Waals surface area contributed by atoms with Gasteiger partial charge in [0.15, 0.2) is 0 Å². The molecule has 1 atom stereocenters. The number of anilines is 1. The number of rotatable bonds is 11. The van der Waals surface area contributed by atoms with E-state index in [0.29, 0.717) is 22.5 Å². The molecular formula is C31H35ClF3N3O4S. The number of hydrogen-bond donors (Lipinski definition) is 1. The van der Waals surface area contributed by atoms with Gasteiger partial charge in [-0.05, 0) is 62.6 Å². The predicted molar refractivity (Wildman–Crippen MR) is 161 cm³/mol. The van der Waals surface area contributed by atoms with Crippen LogP contribution in [0.3, 0.4) is 0 Å². The summed E-state index contributed by atoms with van der Waals surface area (Å²) in [5.74, 6) is -1.10. The van der Waals surface area contributed by atoms with E-state index in [0.717, 1.165) is 23.3 Å². The zero-order valence-corrected chi connectivity index (χ0v) is 26.1. The highest BCUT2D eigenvalue weighted by Gasteiger charge is 2.37. The number of aryl methyl sites for hydroxylation is 2. The Labute approximate surface area is 255 Å². The zero-order chi connectivity index (χ0) is 32.1. The van der Waals surface area contributed by atoms with Crippen LogP contribution in [0.4, 0.5) is 18.9 Å². The molecule has 3 aromatic rings. The van der Waals surface area contributed by atoms with Gasteiger partial charge in [0, 0.05) is 13.1 Å². The Morgan fingerprint density at radius 2 is 1.58 bits per heavy atom. The lowest BCUT2D eigenvalue weighted by Crippen LogP contribution is -2.51. The zero-order valence-electron chi connectivity index (χ0n) is 24.6. The normalized spacial score (nSPS) is 12.6. The Bertz CT molecular complexity index is 1560. The van der Waals surface area contributed by atoms with Crippen molar-refractivity contribution in [3.63, 3.8) is 0 Å². The fourth-order valence-corrected chi connectivity index (χ4v) is 5.92. The first-order chi connectivity index (χ1) is 20.0. The van der Waals surface area contributed by atoms with E-state index in [1.165, 1.54) is 24.0 Å². The second-order valence-corrected chi connectivity index (χ2v) is 13.1. The van der Waals surface area contributed by atoms with Crippen LogP contribution in [-0.2, 0) is 32.3 Å². The Kier molecular flexibility index (Phi) is 10.9. The van der Waals surface area contributed by atoms with E-state index in [1.54, 1.807) is 31.2 Å². The molecule has 7 nitrogen and oxygen atoms in total. The largest absolute Gasteiger partial charge is 0.417 e. The molecule has 0 bridgehead atoms. The third kappa shape index (κ3) is 8.73. The predicted octanol–water partition coefficient (Wildman–Crippen LogP) is 6.36. The van der Waals surface area contributed by atoms with E-state index in [2.05, 4.69) is 5.32 Å². The van der Waals surface area contributed by atoms with Gasteiger partial charge in [-0.15, -0.1) is 0 Å². The number of halogens is 4. The number of benzene rings is 3. The topological polar surface area (TPSA) is 86.8 Å². The molecule has 0 aliphatic heterocycles. The molecule has 2 amide bonds. The number of nitrogens with one attached hydrogen (secondary N) is 1. The third-order valence-electron chi connectivity index (χ3n) is 6.72. The summed E-state index contributed by atoms with van der Waals surface area (Å²) >= 11 is 5.81. The summed E-state index contributed by atoms with van der Waals surface area (Å²) in [4.78, 5) is 28.1. The van der Waals surface area contributed by atoms with Crippen LogP contribution in [0.1, 0.15) is 43.0 Å². The van der Waals surface area contributed by atoms with Crippen molar-refractivity contribution >= 4 is 39.1 Å². The Morgan fingerprint density at radius 1 is 0.930 bits per heavy atom. The standard InChI is InChI=1S/C31H35ClF3N3O4S/c1-20(2)17-36-30(40)23(5)37(18-24-8-6-7-22(4)15-24)29(39)19-38(43(41,42)26-12-9-21(3)10-13-26)25-11-14-28(32)27(16-25)31(33,34)35/h6-16,20,23H,17-19H2,1-5H3,(H,36,40). The molecule has 0 spiro atoms. The molecule has 12 heteroatoms. The molecule has 3 aromatic carbocycles. The van der Waals surface area contributed by atoms with Gasteiger partial charge in [0.2, 0.25) is 11.8 Å². The van der Waals surface area contributed by atoms with Crippen LogP contribution in [0.5, 0.6) is 0 Å². The van der Waals surface area contributed by atoms with Gasteiger partial charge < -0.3 is 10.2 Å². The van der Waals surface area contributed by atoms with Gasteiger partial charge in [0.05, 0.1) is 21.2 Å². The van der Waals surface area contributed by atoms with E-state index in [1.807, 2.05) is 32.9 Å². The molecule has 0 aliphatic carbocycles. The second kappa shape index (κ2) is 13.8. The minimum absolute atomic E-state index is 0.0381. The summed E-state index contributed by atoms with van der Waals surface area (Å²) in [6, 6.07) is 14.6. The van der Waals surface area contributed by atoms with Crippen molar-refractivity contribution in [1.29, 1.82) is 0 Å². The lowest BCUT2D eigenvalue weighted by Gasteiger charge is -2.32. The van der Waals surface area contributed by atoms with Crippen molar-refractivity contribution in [3.8, 4) is 0 Å². The maximum Gasteiger partial charge on any atom is 0.417 e. The number of sulfonamides is 1. The number of amides is 2. The minimum atomic E-state index is -4.88. The number of nitrogens with zero attached hydrogens (tertiary/aromatic N) is 2. The fourth-order valence-electron chi connectivity index (χ4n) is 4.29. The molecular weight excluding hydrogens is 603 g/mol. The summed E-state index contributed by atoms with van der Waals surface area (Å²) < 4.78 is 69.7. The van der Waals surface area contributed by atoms with Crippen LogP contribution in [0, 0.1) is 19.8 Å². The van der Waals surface area contributed by atoms with Crippen molar-refractivity contribution < 1.29 is 31.2 Å². The van der Waals surface area contributed by atoms with Gasteiger partial charge in [0.25, 0.3) is 10.0 Å². The number of alkyl halides is 3. The van der Waals surface area contributed by atoms with E-state index in [-0.39, 0.29) is 17.4 Å². The van der Waals surface area contributed by atoms with Gasteiger partial charge in [-0.2, -0.15) is 13.2 Å². The Hall–Kier alpha value is -3.57. The Morgan fingerprint density at radius 3 is 2.16 bits per heavy atom. The van der Waals surface area contributed by atoms with Crippen molar-refractivity contribution in [2.75, 3.05) is 17.4 Å². The van der Waals surface area contributed by atoms with E-state index >= 15 is 0 Å². The first-order valence-electron chi connectivity index (χ1n) is 13.6. The van der Waals surface area contributed by atoms with Gasteiger partial charge >= 0.3 is 6.18 Å². The lowest BCUT2D eigenvalue weighted by atomic mass is 10.1. The van der Waals surface area contributed by atoms with E-state index in [9.17, 15) is 31.2 Å². The molecule has 0 heterocycles. The molecule has 0 saturated heterocycles. The molecule has 0 aromatic heterocycles. The molecule has 232 valence electrons. The van der Waals surface area contributed by atoms with Crippen molar-refractivity contribution in [3.05, 3.63) is 94.0 Å². The quantitative estimate of drug-likeness (QED) is 0.265. The van der Waals surface area contributed by atoms with Crippen LogP contribution >= 0.6 is 11.6 Å². The highest BCUT2D eigenvalue weighted by molar-refractivity contribution is 7.92. The maximum atomic E-state index is 14.0. The Balaban J connectivity index is 2.11. The average molecular weight is 638 g/mol. The summed E-state index contributed by atoms with van der Waals surface area (Å²) in [7, 11) is -4.55.